The van der Waals surface area contributed by atoms with Gasteiger partial charge in [-0.3, -0.25) is 9.59 Å². The van der Waals surface area contributed by atoms with Crippen molar-refractivity contribution < 1.29 is 19.5 Å². The largest absolute Gasteiger partial charge is 0.480 e. The number of H-pyrrole nitrogens is 1. The summed E-state index contributed by atoms with van der Waals surface area (Å²) >= 11 is 0. The zero-order valence-corrected chi connectivity index (χ0v) is 11.0. The second-order valence-electron chi connectivity index (χ2n) is 4.64. The molecular weight excluding hydrogens is 264 g/mol. The number of aromatic nitrogens is 2. The van der Waals surface area contributed by atoms with Crippen LogP contribution in [0.15, 0.2) is 6.33 Å². The summed E-state index contributed by atoms with van der Waals surface area (Å²) < 4.78 is 0. The van der Waals surface area contributed by atoms with Crippen LogP contribution >= 0.6 is 0 Å². The highest BCUT2D eigenvalue weighted by Gasteiger charge is 2.35. The number of aromatic amines is 1. The zero-order chi connectivity index (χ0) is 14.7. The summed E-state index contributed by atoms with van der Waals surface area (Å²) in [5, 5.41) is 11.8. The van der Waals surface area contributed by atoms with Gasteiger partial charge in [0.25, 0.3) is 0 Å². The van der Waals surface area contributed by atoms with Gasteiger partial charge in [0.2, 0.25) is 11.8 Å². The maximum absolute atomic E-state index is 12.1. The quantitative estimate of drug-likeness (QED) is 0.672. The van der Waals surface area contributed by atoms with Gasteiger partial charge >= 0.3 is 5.97 Å². The number of hydrogen-bond acceptors (Lipinski definition) is 4. The van der Waals surface area contributed by atoms with Crippen molar-refractivity contribution in [3.63, 3.8) is 0 Å². The normalized spacial score (nSPS) is 17.4. The number of nitrogens with zero attached hydrogens (tertiary/aromatic N) is 2. The Morgan fingerprint density at radius 2 is 2.30 bits per heavy atom. The molecule has 1 aromatic rings. The fourth-order valence-electron chi connectivity index (χ4n) is 2.21. The number of carboxylic acid groups (broad SMARTS) is 1. The Balaban J connectivity index is 2.06. The second kappa shape index (κ2) is 5.72. The van der Waals surface area contributed by atoms with E-state index in [4.69, 9.17) is 0 Å². The predicted molar refractivity (Wildman–Crippen MR) is 67.6 cm³/mol. The van der Waals surface area contributed by atoms with Gasteiger partial charge in [0.1, 0.15) is 6.04 Å². The lowest BCUT2D eigenvalue weighted by Crippen LogP contribution is -2.49. The highest BCUT2D eigenvalue weighted by molar-refractivity contribution is 5.84. The van der Waals surface area contributed by atoms with Crippen molar-refractivity contribution in [1.29, 1.82) is 0 Å². The Hall–Kier alpha value is -2.38. The third-order valence-electron chi connectivity index (χ3n) is 3.22. The van der Waals surface area contributed by atoms with Gasteiger partial charge in [-0.2, -0.15) is 0 Å². The smallest absolute Gasteiger partial charge is 0.326 e. The molecule has 0 aliphatic carbocycles. The fourth-order valence-corrected chi connectivity index (χ4v) is 2.21. The maximum Gasteiger partial charge on any atom is 0.326 e. The number of carboxylic acids is 1. The van der Waals surface area contributed by atoms with Crippen LogP contribution in [0.2, 0.25) is 0 Å². The first-order valence-corrected chi connectivity index (χ1v) is 6.27. The van der Waals surface area contributed by atoms with E-state index in [1.807, 2.05) is 0 Å². The molecular formula is C12H16N4O4. The van der Waals surface area contributed by atoms with Crippen LogP contribution in [-0.4, -0.2) is 50.3 Å². The van der Waals surface area contributed by atoms with E-state index in [1.54, 1.807) is 0 Å². The SMILES string of the molecule is CC(=O)NCCC(=O)N1Cc2[nH]cnc2CC1C(=O)O. The zero-order valence-electron chi connectivity index (χ0n) is 11.0. The van der Waals surface area contributed by atoms with Gasteiger partial charge in [-0.05, 0) is 0 Å². The minimum atomic E-state index is -1.05. The van der Waals surface area contributed by atoms with Gasteiger partial charge in [0.15, 0.2) is 0 Å². The van der Waals surface area contributed by atoms with Gasteiger partial charge in [0, 0.05) is 26.3 Å². The monoisotopic (exact) mass is 280 g/mol. The Morgan fingerprint density at radius 3 is 2.95 bits per heavy atom. The van der Waals surface area contributed by atoms with Gasteiger partial charge in [0.05, 0.1) is 24.3 Å². The molecule has 0 saturated carbocycles. The highest BCUT2D eigenvalue weighted by Crippen LogP contribution is 2.21. The summed E-state index contributed by atoms with van der Waals surface area (Å²) in [6.07, 6.45) is 1.77. The number of hydrogen-bond donors (Lipinski definition) is 3. The van der Waals surface area contributed by atoms with Crippen LogP contribution in [-0.2, 0) is 27.3 Å². The van der Waals surface area contributed by atoms with E-state index in [2.05, 4.69) is 15.3 Å². The molecule has 1 aliphatic rings. The van der Waals surface area contributed by atoms with Crippen LogP contribution in [0.4, 0.5) is 0 Å². The van der Waals surface area contributed by atoms with Crippen LogP contribution in [0.1, 0.15) is 24.7 Å². The number of aliphatic carboxylic acids is 1. The average molecular weight is 280 g/mol. The minimum Gasteiger partial charge on any atom is -0.480 e. The van der Waals surface area contributed by atoms with E-state index >= 15 is 0 Å². The molecule has 8 heteroatoms. The van der Waals surface area contributed by atoms with E-state index in [1.165, 1.54) is 18.2 Å². The molecule has 0 aromatic carbocycles. The molecule has 20 heavy (non-hydrogen) atoms. The maximum atomic E-state index is 12.1. The van der Waals surface area contributed by atoms with Gasteiger partial charge in [-0.15, -0.1) is 0 Å². The third kappa shape index (κ3) is 2.95. The van der Waals surface area contributed by atoms with Crippen molar-refractivity contribution in [3.8, 4) is 0 Å². The van der Waals surface area contributed by atoms with Gasteiger partial charge in [-0.25, -0.2) is 9.78 Å². The van der Waals surface area contributed by atoms with Crippen LogP contribution in [0.25, 0.3) is 0 Å². The summed E-state index contributed by atoms with van der Waals surface area (Å²) in [6, 6.07) is -0.907. The van der Waals surface area contributed by atoms with Crippen molar-refractivity contribution >= 4 is 17.8 Å². The predicted octanol–water partition coefficient (Wildman–Crippen LogP) is -0.726. The molecule has 0 radical (unpaired) electrons. The number of rotatable bonds is 4. The van der Waals surface area contributed by atoms with Crippen LogP contribution in [0.3, 0.4) is 0 Å². The molecule has 0 fully saturated rings. The van der Waals surface area contributed by atoms with Crippen LogP contribution in [0.5, 0.6) is 0 Å². The van der Waals surface area contributed by atoms with Crippen LogP contribution in [0, 0.1) is 0 Å². The average Bonchev–Trinajstić information content (AvgIpc) is 2.83. The molecule has 108 valence electrons. The molecule has 8 nitrogen and oxygen atoms in total. The summed E-state index contributed by atoms with van der Waals surface area (Å²) in [4.78, 5) is 42.4. The molecule has 0 saturated heterocycles. The summed E-state index contributed by atoms with van der Waals surface area (Å²) in [6.45, 7) is 1.76. The van der Waals surface area contributed by atoms with Crippen molar-refractivity contribution in [2.45, 2.75) is 32.4 Å². The van der Waals surface area contributed by atoms with Crippen LogP contribution < -0.4 is 5.32 Å². The molecule has 1 unspecified atom stereocenters. The fraction of sp³-hybridized carbons (Fsp3) is 0.500. The molecule has 2 amide bonds. The summed E-state index contributed by atoms with van der Waals surface area (Å²) in [5.41, 5.74) is 1.44. The number of carbonyl (C=O) groups is 3. The molecule has 2 heterocycles. The number of carbonyl (C=O) groups excluding carboxylic acids is 2. The van der Waals surface area contributed by atoms with E-state index in [0.717, 1.165) is 5.69 Å². The first-order valence-electron chi connectivity index (χ1n) is 6.27. The highest BCUT2D eigenvalue weighted by atomic mass is 16.4. The van der Waals surface area contributed by atoms with E-state index < -0.39 is 12.0 Å². The van der Waals surface area contributed by atoms with Gasteiger partial charge < -0.3 is 20.3 Å². The van der Waals surface area contributed by atoms with Crippen molar-refractivity contribution in [3.05, 3.63) is 17.7 Å². The van der Waals surface area contributed by atoms with E-state index in [0.29, 0.717) is 5.69 Å². The number of imidazole rings is 1. The molecule has 1 aromatic heterocycles. The number of nitrogens with one attached hydrogen (secondary N) is 2. The number of amides is 2. The summed E-state index contributed by atoms with van der Waals surface area (Å²) in [7, 11) is 0. The Bertz CT molecular complexity index is 539. The standard InChI is InChI=1S/C12H16N4O4/c1-7(17)13-3-2-11(18)16-5-9-8(14-6-15-9)4-10(16)12(19)20/h6,10H,2-5H2,1H3,(H,13,17)(H,14,15)(H,19,20). The molecule has 0 bridgehead atoms. The van der Waals surface area contributed by atoms with Crippen molar-refractivity contribution in [2.75, 3.05) is 6.54 Å². The Morgan fingerprint density at radius 1 is 1.55 bits per heavy atom. The first-order chi connectivity index (χ1) is 9.49. The molecule has 3 N–H and O–H groups in total. The lowest BCUT2D eigenvalue weighted by Gasteiger charge is -2.32. The second-order valence-corrected chi connectivity index (χ2v) is 4.64. The molecule has 1 atom stereocenters. The van der Waals surface area contributed by atoms with E-state index in [9.17, 15) is 19.5 Å². The third-order valence-corrected chi connectivity index (χ3v) is 3.22. The summed E-state index contributed by atoms with van der Waals surface area (Å²) in [5.74, 6) is -1.57. The lowest BCUT2D eigenvalue weighted by atomic mass is 10.0. The number of fused-ring (bicyclic) bond motifs is 1. The minimum absolute atomic E-state index is 0.0762. The first kappa shape index (κ1) is 14.0. The van der Waals surface area contributed by atoms with Crippen molar-refractivity contribution in [1.82, 2.24) is 20.2 Å². The molecule has 1 aliphatic heterocycles. The van der Waals surface area contributed by atoms with Crippen molar-refractivity contribution in [2.24, 2.45) is 0 Å². The Kier molecular flexibility index (Phi) is 4.02. The van der Waals surface area contributed by atoms with Gasteiger partial charge in [-0.1, -0.05) is 0 Å². The lowest BCUT2D eigenvalue weighted by molar-refractivity contribution is -0.151. The van der Waals surface area contributed by atoms with E-state index in [-0.39, 0.29) is 37.7 Å². The topological polar surface area (TPSA) is 115 Å². The molecule has 0 spiro atoms. The molecule has 2 rings (SSSR count). The Labute approximate surface area is 115 Å².